The number of urea groups is 1. The summed E-state index contributed by atoms with van der Waals surface area (Å²) >= 11 is 0. The topological polar surface area (TPSA) is 67.9 Å². The maximum atomic E-state index is 11.5. The van der Waals surface area contributed by atoms with Crippen LogP contribution < -0.4 is 14.8 Å². The van der Waals surface area contributed by atoms with Gasteiger partial charge in [0.15, 0.2) is 11.5 Å². The van der Waals surface area contributed by atoms with Crippen LogP contribution in [0.15, 0.2) is 18.2 Å². The second-order valence-corrected chi connectivity index (χ2v) is 4.12. The average Bonchev–Trinajstić information content (AvgIpc) is 2.70. The number of nitrogens with one attached hydrogen (secondary N) is 1. The van der Waals surface area contributed by atoms with Gasteiger partial charge in [0.2, 0.25) is 5.91 Å². The monoisotopic (exact) mass is 248 g/mol. The Morgan fingerprint density at radius 1 is 1.17 bits per heavy atom. The van der Waals surface area contributed by atoms with E-state index >= 15 is 0 Å². The van der Waals surface area contributed by atoms with Crippen LogP contribution in [0.4, 0.5) is 4.79 Å². The van der Waals surface area contributed by atoms with Crippen molar-refractivity contribution >= 4 is 11.9 Å². The van der Waals surface area contributed by atoms with Crippen LogP contribution >= 0.6 is 0 Å². The number of rotatable bonds is 2. The van der Waals surface area contributed by atoms with E-state index < -0.39 is 0 Å². The van der Waals surface area contributed by atoms with E-state index in [2.05, 4.69) is 5.32 Å². The molecule has 2 aliphatic heterocycles. The molecule has 0 unspecified atom stereocenters. The van der Waals surface area contributed by atoms with Crippen LogP contribution in [0, 0.1) is 0 Å². The molecule has 0 bridgehead atoms. The van der Waals surface area contributed by atoms with Crippen LogP contribution in [0.2, 0.25) is 0 Å². The Morgan fingerprint density at radius 2 is 1.94 bits per heavy atom. The molecule has 1 aromatic rings. The van der Waals surface area contributed by atoms with Crippen molar-refractivity contribution in [2.24, 2.45) is 0 Å². The molecule has 1 N–H and O–H groups in total. The normalized spacial score (nSPS) is 17.9. The van der Waals surface area contributed by atoms with Crippen LogP contribution in [0.5, 0.6) is 11.5 Å². The van der Waals surface area contributed by atoms with Gasteiger partial charge in [-0.2, -0.15) is 0 Å². The third-order valence-corrected chi connectivity index (χ3v) is 2.88. The first kappa shape index (κ1) is 10.9. The van der Waals surface area contributed by atoms with Crippen LogP contribution in [-0.2, 0) is 11.3 Å². The quantitative estimate of drug-likeness (QED) is 0.774. The molecule has 18 heavy (non-hydrogen) atoms. The van der Waals surface area contributed by atoms with E-state index in [1.165, 1.54) is 4.90 Å². The summed E-state index contributed by atoms with van der Waals surface area (Å²) in [5.41, 5.74) is 0.838. The van der Waals surface area contributed by atoms with Gasteiger partial charge in [-0.3, -0.25) is 9.69 Å². The average molecular weight is 248 g/mol. The smallest absolute Gasteiger partial charge is 0.324 e. The third kappa shape index (κ3) is 1.85. The summed E-state index contributed by atoms with van der Waals surface area (Å²) in [6, 6.07) is 5.07. The Bertz CT molecular complexity index is 499. The number of hydrogen-bond donors (Lipinski definition) is 1. The lowest BCUT2D eigenvalue weighted by molar-refractivity contribution is -0.125. The van der Waals surface area contributed by atoms with E-state index in [0.717, 1.165) is 5.56 Å². The summed E-state index contributed by atoms with van der Waals surface area (Å²) in [4.78, 5) is 24.1. The number of carbonyl (C=O) groups excluding carboxylic acids is 2. The number of carbonyl (C=O) groups is 2. The summed E-state index contributed by atoms with van der Waals surface area (Å²) < 4.78 is 10.9. The van der Waals surface area contributed by atoms with Gasteiger partial charge in [-0.1, -0.05) is 6.07 Å². The molecule has 6 nitrogen and oxygen atoms in total. The SMILES string of the molecule is O=C1CNC(=O)N1Cc1ccc2c(c1)OCCO2. The lowest BCUT2D eigenvalue weighted by atomic mass is 10.2. The van der Waals surface area contributed by atoms with Crippen molar-refractivity contribution in [1.29, 1.82) is 0 Å². The standard InChI is InChI=1S/C12H12N2O4/c15-11-6-13-12(16)14(11)7-8-1-2-9-10(5-8)18-4-3-17-9/h1-2,5H,3-4,6-7H2,(H,13,16). The minimum atomic E-state index is -0.352. The molecule has 0 radical (unpaired) electrons. The molecule has 1 aromatic carbocycles. The van der Waals surface area contributed by atoms with Crippen molar-refractivity contribution in [1.82, 2.24) is 10.2 Å². The molecule has 0 aliphatic carbocycles. The Hall–Kier alpha value is -2.24. The zero-order chi connectivity index (χ0) is 12.5. The zero-order valence-corrected chi connectivity index (χ0v) is 9.64. The molecule has 94 valence electrons. The highest BCUT2D eigenvalue weighted by Gasteiger charge is 2.28. The molecule has 1 saturated heterocycles. The lowest BCUT2D eigenvalue weighted by Gasteiger charge is -2.20. The van der Waals surface area contributed by atoms with E-state index in [4.69, 9.17) is 9.47 Å². The fourth-order valence-corrected chi connectivity index (χ4v) is 1.98. The van der Waals surface area contributed by atoms with Gasteiger partial charge >= 0.3 is 6.03 Å². The van der Waals surface area contributed by atoms with Gasteiger partial charge in [0.05, 0.1) is 13.1 Å². The second-order valence-electron chi connectivity index (χ2n) is 4.12. The van der Waals surface area contributed by atoms with Gasteiger partial charge < -0.3 is 14.8 Å². The number of benzene rings is 1. The maximum Gasteiger partial charge on any atom is 0.324 e. The van der Waals surface area contributed by atoms with Gasteiger partial charge in [-0.25, -0.2) is 4.79 Å². The first-order valence-corrected chi connectivity index (χ1v) is 5.71. The molecule has 3 rings (SSSR count). The molecular weight excluding hydrogens is 236 g/mol. The molecule has 2 heterocycles. The largest absolute Gasteiger partial charge is 0.486 e. The molecule has 2 aliphatic rings. The molecule has 6 heteroatoms. The fraction of sp³-hybridized carbons (Fsp3) is 0.333. The number of nitrogens with zero attached hydrogens (tertiary/aromatic N) is 1. The number of fused-ring (bicyclic) bond motifs is 1. The molecular formula is C12H12N2O4. The number of ether oxygens (including phenoxy) is 2. The summed E-state index contributed by atoms with van der Waals surface area (Å²) in [7, 11) is 0. The molecule has 3 amide bonds. The van der Waals surface area contributed by atoms with E-state index in [1.807, 2.05) is 6.07 Å². The van der Waals surface area contributed by atoms with Crippen molar-refractivity contribution in [3.05, 3.63) is 23.8 Å². The first-order chi connectivity index (χ1) is 8.74. The minimum absolute atomic E-state index is 0.0728. The van der Waals surface area contributed by atoms with Crippen LogP contribution in [-0.4, -0.2) is 36.6 Å². The second kappa shape index (κ2) is 4.21. The highest BCUT2D eigenvalue weighted by molar-refractivity contribution is 6.01. The van der Waals surface area contributed by atoms with Crippen molar-refractivity contribution in [2.75, 3.05) is 19.8 Å². The van der Waals surface area contributed by atoms with Gasteiger partial charge in [0.25, 0.3) is 0 Å². The summed E-state index contributed by atoms with van der Waals surface area (Å²) in [6.07, 6.45) is 0. The predicted molar refractivity (Wildman–Crippen MR) is 61.4 cm³/mol. The highest BCUT2D eigenvalue weighted by atomic mass is 16.6. The Kier molecular flexibility index (Phi) is 2.55. The number of hydrogen-bond acceptors (Lipinski definition) is 4. The highest BCUT2D eigenvalue weighted by Crippen LogP contribution is 2.31. The molecule has 0 aromatic heterocycles. The third-order valence-electron chi connectivity index (χ3n) is 2.88. The van der Waals surface area contributed by atoms with Crippen molar-refractivity contribution < 1.29 is 19.1 Å². The van der Waals surface area contributed by atoms with E-state index in [9.17, 15) is 9.59 Å². The molecule has 1 fully saturated rings. The van der Waals surface area contributed by atoms with Gasteiger partial charge in [-0.15, -0.1) is 0 Å². The summed E-state index contributed by atoms with van der Waals surface area (Å²) in [5, 5.41) is 2.48. The van der Waals surface area contributed by atoms with Gasteiger partial charge in [0, 0.05) is 0 Å². The van der Waals surface area contributed by atoms with Crippen LogP contribution in [0.1, 0.15) is 5.56 Å². The van der Waals surface area contributed by atoms with Crippen LogP contribution in [0.3, 0.4) is 0 Å². The van der Waals surface area contributed by atoms with E-state index in [0.29, 0.717) is 24.7 Å². The molecule has 0 saturated carbocycles. The fourth-order valence-electron chi connectivity index (χ4n) is 1.98. The first-order valence-electron chi connectivity index (χ1n) is 5.71. The zero-order valence-electron chi connectivity index (χ0n) is 9.64. The number of amides is 3. The Balaban J connectivity index is 1.80. The molecule has 0 spiro atoms. The van der Waals surface area contributed by atoms with E-state index in [-0.39, 0.29) is 25.0 Å². The lowest BCUT2D eigenvalue weighted by Crippen LogP contribution is -2.30. The van der Waals surface area contributed by atoms with Gasteiger partial charge in [0.1, 0.15) is 13.2 Å². The predicted octanol–water partition coefficient (Wildman–Crippen LogP) is 0.510. The maximum absolute atomic E-state index is 11.5. The summed E-state index contributed by atoms with van der Waals surface area (Å²) in [5.74, 6) is 1.14. The van der Waals surface area contributed by atoms with Crippen molar-refractivity contribution in [3.8, 4) is 11.5 Å². The van der Waals surface area contributed by atoms with Crippen LogP contribution in [0.25, 0.3) is 0 Å². The van der Waals surface area contributed by atoms with Crippen molar-refractivity contribution in [2.45, 2.75) is 6.54 Å². The minimum Gasteiger partial charge on any atom is -0.486 e. The number of imide groups is 1. The Morgan fingerprint density at radius 3 is 2.67 bits per heavy atom. The van der Waals surface area contributed by atoms with Crippen molar-refractivity contribution in [3.63, 3.8) is 0 Å². The molecule has 0 atom stereocenters. The summed E-state index contributed by atoms with van der Waals surface area (Å²) in [6.45, 7) is 1.38. The van der Waals surface area contributed by atoms with E-state index in [1.54, 1.807) is 12.1 Å². The Labute approximate surface area is 103 Å². The van der Waals surface area contributed by atoms with Gasteiger partial charge in [-0.05, 0) is 17.7 Å².